The van der Waals surface area contributed by atoms with E-state index in [0.717, 1.165) is 11.1 Å². The molecule has 0 saturated heterocycles. The number of benzene rings is 2. The first-order valence-corrected chi connectivity index (χ1v) is 9.31. The summed E-state index contributed by atoms with van der Waals surface area (Å²) in [6.45, 7) is 7.82. The molecule has 3 aromatic rings. The smallest absolute Gasteiger partial charge is 0.246 e. The largest absolute Gasteiger partial charge is 0.348 e. The first-order chi connectivity index (χ1) is 13.3. The van der Waals surface area contributed by atoms with E-state index in [4.69, 9.17) is 0 Å². The van der Waals surface area contributed by atoms with Gasteiger partial charge in [-0.1, -0.05) is 50.2 Å². The normalized spacial score (nSPS) is 13.4. The van der Waals surface area contributed by atoms with Gasteiger partial charge in [0.05, 0.1) is 6.04 Å². The van der Waals surface area contributed by atoms with Gasteiger partial charge in [-0.2, -0.15) is 4.80 Å². The van der Waals surface area contributed by atoms with Crippen LogP contribution >= 0.6 is 0 Å². The summed E-state index contributed by atoms with van der Waals surface area (Å²) in [4.78, 5) is 13.8. The van der Waals surface area contributed by atoms with Crippen LogP contribution in [0.2, 0.25) is 0 Å². The van der Waals surface area contributed by atoms with E-state index in [1.165, 1.54) is 22.5 Å². The lowest BCUT2D eigenvalue weighted by molar-refractivity contribution is -0.125. The minimum atomic E-state index is -0.626. The summed E-state index contributed by atoms with van der Waals surface area (Å²) >= 11 is 0. The summed E-state index contributed by atoms with van der Waals surface area (Å²) in [7, 11) is 0. The van der Waals surface area contributed by atoms with Crippen molar-refractivity contribution in [3.63, 3.8) is 0 Å². The van der Waals surface area contributed by atoms with Gasteiger partial charge in [0.25, 0.3) is 0 Å². The molecular weight excluding hydrogens is 357 g/mol. The Bertz CT molecular complexity index is 934. The van der Waals surface area contributed by atoms with Crippen LogP contribution < -0.4 is 5.32 Å². The molecule has 0 fully saturated rings. The third-order valence-electron chi connectivity index (χ3n) is 4.72. The summed E-state index contributed by atoms with van der Waals surface area (Å²) in [6.07, 6.45) is 0. The molecule has 2 aromatic carbocycles. The zero-order valence-electron chi connectivity index (χ0n) is 16.4. The topological polar surface area (TPSA) is 72.7 Å². The fourth-order valence-corrected chi connectivity index (χ4v) is 2.80. The molecule has 1 amide bonds. The predicted molar refractivity (Wildman–Crippen MR) is 105 cm³/mol. The number of nitrogens with zero attached hydrogens (tertiary/aromatic N) is 4. The fourth-order valence-electron chi connectivity index (χ4n) is 2.80. The molecule has 7 heteroatoms. The molecule has 3 rings (SSSR count). The lowest BCUT2D eigenvalue weighted by Gasteiger charge is -2.17. The Kier molecular flexibility index (Phi) is 5.82. The molecule has 6 nitrogen and oxygen atoms in total. The number of hydrogen-bond donors (Lipinski definition) is 1. The molecule has 0 spiro atoms. The van der Waals surface area contributed by atoms with E-state index in [9.17, 15) is 9.18 Å². The van der Waals surface area contributed by atoms with Crippen LogP contribution in [0.25, 0.3) is 11.4 Å². The molecule has 28 heavy (non-hydrogen) atoms. The van der Waals surface area contributed by atoms with Crippen LogP contribution in [0, 0.1) is 5.82 Å². The minimum absolute atomic E-state index is 0.240. The SMILES string of the molecule is CC(C)c1ccc(-c2nnn([C@H](C)C(=O)N[C@@H](C)c3ccc(F)cc3)n2)cc1. The predicted octanol–water partition coefficient (Wildman–Crippen LogP) is 4.04. The summed E-state index contributed by atoms with van der Waals surface area (Å²) in [5.74, 6) is 0.374. The monoisotopic (exact) mass is 381 g/mol. The third kappa shape index (κ3) is 4.42. The summed E-state index contributed by atoms with van der Waals surface area (Å²) in [6, 6.07) is 13.2. The second-order valence-corrected chi connectivity index (χ2v) is 7.17. The molecule has 1 N–H and O–H groups in total. The van der Waals surface area contributed by atoms with Crippen LogP contribution in [-0.2, 0) is 4.79 Å². The van der Waals surface area contributed by atoms with Crippen LogP contribution in [0.5, 0.6) is 0 Å². The van der Waals surface area contributed by atoms with Crippen LogP contribution in [-0.4, -0.2) is 26.1 Å². The second-order valence-electron chi connectivity index (χ2n) is 7.17. The summed E-state index contributed by atoms with van der Waals surface area (Å²) in [5, 5.41) is 15.3. The molecule has 0 unspecified atom stereocenters. The van der Waals surface area contributed by atoms with Gasteiger partial charge >= 0.3 is 0 Å². The van der Waals surface area contributed by atoms with Gasteiger partial charge in [-0.15, -0.1) is 10.2 Å². The van der Waals surface area contributed by atoms with E-state index >= 15 is 0 Å². The van der Waals surface area contributed by atoms with E-state index < -0.39 is 6.04 Å². The maximum absolute atomic E-state index is 13.1. The van der Waals surface area contributed by atoms with Crippen LogP contribution in [0.15, 0.2) is 48.5 Å². The maximum atomic E-state index is 13.1. The Labute approximate surface area is 163 Å². The van der Waals surface area contributed by atoms with Crippen molar-refractivity contribution in [3.8, 4) is 11.4 Å². The van der Waals surface area contributed by atoms with Crippen molar-refractivity contribution < 1.29 is 9.18 Å². The standard InChI is InChI=1S/C21H24FN5O/c1-13(2)16-5-7-18(8-6-16)20-24-26-27(25-20)15(4)21(28)23-14(3)17-9-11-19(22)12-10-17/h5-15H,1-4H3,(H,23,28)/t14-,15+/m0/s1. The summed E-state index contributed by atoms with van der Waals surface area (Å²) in [5.41, 5.74) is 2.90. The number of halogens is 1. The molecule has 0 bridgehead atoms. The van der Waals surface area contributed by atoms with Gasteiger partial charge in [0.1, 0.15) is 11.9 Å². The molecule has 2 atom stereocenters. The Hall–Kier alpha value is -3.09. The molecule has 0 aliphatic carbocycles. The highest BCUT2D eigenvalue weighted by Gasteiger charge is 2.21. The molecule has 146 valence electrons. The van der Waals surface area contributed by atoms with E-state index in [1.54, 1.807) is 19.1 Å². The van der Waals surface area contributed by atoms with Gasteiger partial charge < -0.3 is 5.32 Å². The molecular formula is C21H24FN5O. The van der Waals surface area contributed by atoms with Crippen molar-refractivity contribution >= 4 is 5.91 Å². The van der Waals surface area contributed by atoms with Gasteiger partial charge in [-0.25, -0.2) is 4.39 Å². The molecule has 0 saturated carbocycles. The first kappa shape index (κ1) is 19.7. The Morgan fingerprint density at radius 3 is 2.18 bits per heavy atom. The molecule has 1 heterocycles. The van der Waals surface area contributed by atoms with Crippen molar-refractivity contribution in [3.05, 3.63) is 65.5 Å². The molecule has 0 aliphatic heterocycles. The van der Waals surface area contributed by atoms with Crippen molar-refractivity contribution in [2.24, 2.45) is 0 Å². The number of carbonyl (C=O) groups is 1. The van der Waals surface area contributed by atoms with Crippen molar-refractivity contribution in [1.82, 2.24) is 25.5 Å². The van der Waals surface area contributed by atoms with E-state index in [-0.39, 0.29) is 17.8 Å². The zero-order valence-corrected chi connectivity index (χ0v) is 16.4. The van der Waals surface area contributed by atoms with E-state index in [0.29, 0.717) is 11.7 Å². The highest BCUT2D eigenvalue weighted by atomic mass is 19.1. The van der Waals surface area contributed by atoms with Gasteiger partial charge in [0.2, 0.25) is 11.7 Å². The number of amides is 1. The minimum Gasteiger partial charge on any atom is -0.348 e. The quantitative estimate of drug-likeness (QED) is 0.699. The number of carbonyl (C=O) groups excluding carboxylic acids is 1. The number of rotatable bonds is 6. The molecule has 1 aromatic heterocycles. The highest BCUT2D eigenvalue weighted by Crippen LogP contribution is 2.20. The Morgan fingerprint density at radius 1 is 0.964 bits per heavy atom. The zero-order chi connectivity index (χ0) is 20.3. The highest BCUT2D eigenvalue weighted by molar-refractivity contribution is 5.80. The molecule has 0 radical (unpaired) electrons. The van der Waals surface area contributed by atoms with Crippen LogP contribution in [0.3, 0.4) is 0 Å². The molecule has 0 aliphatic rings. The van der Waals surface area contributed by atoms with Gasteiger partial charge in [-0.05, 0) is 48.2 Å². The van der Waals surface area contributed by atoms with E-state index in [1.807, 2.05) is 31.2 Å². The maximum Gasteiger partial charge on any atom is 0.246 e. The number of aromatic nitrogens is 4. The van der Waals surface area contributed by atoms with Crippen molar-refractivity contribution in [2.45, 2.75) is 45.7 Å². The van der Waals surface area contributed by atoms with Crippen LogP contribution in [0.1, 0.15) is 56.8 Å². The fraction of sp³-hybridized carbons (Fsp3) is 0.333. The Balaban J connectivity index is 1.68. The number of nitrogens with one attached hydrogen (secondary N) is 1. The summed E-state index contributed by atoms with van der Waals surface area (Å²) < 4.78 is 13.1. The van der Waals surface area contributed by atoms with Crippen molar-refractivity contribution in [1.29, 1.82) is 0 Å². The number of hydrogen-bond acceptors (Lipinski definition) is 4. The lowest BCUT2D eigenvalue weighted by Crippen LogP contribution is -2.34. The van der Waals surface area contributed by atoms with Crippen LogP contribution in [0.4, 0.5) is 4.39 Å². The Morgan fingerprint density at radius 2 is 1.57 bits per heavy atom. The average molecular weight is 381 g/mol. The van der Waals surface area contributed by atoms with Gasteiger partial charge in [0.15, 0.2) is 0 Å². The lowest BCUT2D eigenvalue weighted by atomic mass is 10.0. The third-order valence-corrected chi connectivity index (χ3v) is 4.72. The first-order valence-electron chi connectivity index (χ1n) is 9.31. The second kappa shape index (κ2) is 8.29. The van der Waals surface area contributed by atoms with Gasteiger partial charge in [0, 0.05) is 5.56 Å². The van der Waals surface area contributed by atoms with E-state index in [2.05, 4.69) is 34.6 Å². The number of tetrazole rings is 1. The van der Waals surface area contributed by atoms with Crippen molar-refractivity contribution in [2.75, 3.05) is 0 Å². The average Bonchev–Trinajstić information content (AvgIpc) is 3.18. The van der Waals surface area contributed by atoms with Gasteiger partial charge in [-0.3, -0.25) is 4.79 Å².